The van der Waals surface area contributed by atoms with Crippen LogP contribution in [0.2, 0.25) is 0 Å². The second kappa shape index (κ2) is 6.14. The Morgan fingerprint density at radius 3 is 2.81 bits per heavy atom. The first-order valence-electron chi connectivity index (χ1n) is 8.12. The van der Waals surface area contributed by atoms with E-state index in [0.29, 0.717) is 0 Å². The maximum absolute atomic E-state index is 4.54. The number of nitrogens with zero attached hydrogens (tertiary/aromatic N) is 3. The molecule has 0 aromatic carbocycles. The zero-order valence-electron chi connectivity index (χ0n) is 13.4. The van der Waals surface area contributed by atoms with Crippen molar-refractivity contribution < 1.29 is 0 Å². The minimum atomic E-state index is 0.859. The van der Waals surface area contributed by atoms with Gasteiger partial charge < -0.3 is 5.32 Å². The van der Waals surface area contributed by atoms with Gasteiger partial charge in [0.25, 0.3) is 0 Å². The molecule has 2 heterocycles. The smallest absolute Gasteiger partial charge is 0.157 e. The van der Waals surface area contributed by atoms with Crippen LogP contribution >= 0.6 is 0 Å². The van der Waals surface area contributed by atoms with Gasteiger partial charge in [-0.25, -0.2) is 4.98 Å². The third kappa shape index (κ3) is 3.26. The van der Waals surface area contributed by atoms with E-state index in [1.807, 2.05) is 24.9 Å². The number of rotatable bonds is 4. The van der Waals surface area contributed by atoms with Crippen LogP contribution in [0.3, 0.4) is 0 Å². The van der Waals surface area contributed by atoms with Crippen molar-refractivity contribution in [2.45, 2.75) is 46.1 Å². The topological polar surface area (TPSA) is 42.7 Å². The van der Waals surface area contributed by atoms with Gasteiger partial charge in [-0.05, 0) is 49.8 Å². The number of aromatic nitrogens is 3. The summed E-state index contributed by atoms with van der Waals surface area (Å²) in [6.07, 6.45) is 7.53. The predicted molar refractivity (Wildman–Crippen MR) is 86.1 cm³/mol. The number of nitrogens with one attached hydrogen (secondary N) is 1. The van der Waals surface area contributed by atoms with Crippen molar-refractivity contribution in [2.75, 3.05) is 6.54 Å². The quantitative estimate of drug-likeness (QED) is 0.938. The van der Waals surface area contributed by atoms with Gasteiger partial charge in [-0.3, -0.25) is 4.68 Å². The average molecular weight is 286 g/mol. The second-order valence-corrected chi connectivity index (χ2v) is 6.68. The Balaban J connectivity index is 1.57. The van der Waals surface area contributed by atoms with Gasteiger partial charge in [0.1, 0.15) is 0 Å². The van der Waals surface area contributed by atoms with Crippen LogP contribution in [0, 0.1) is 18.8 Å². The highest BCUT2D eigenvalue weighted by atomic mass is 15.3. The van der Waals surface area contributed by atoms with Crippen LogP contribution in [0.15, 0.2) is 12.3 Å². The van der Waals surface area contributed by atoms with Crippen molar-refractivity contribution in [1.82, 2.24) is 20.1 Å². The lowest BCUT2D eigenvalue weighted by molar-refractivity contribution is 0.281. The second-order valence-electron chi connectivity index (χ2n) is 6.68. The highest BCUT2D eigenvalue weighted by Crippen LogP contribution is 2.27. The SMILES string of the molecule is Cc1nn(C)c2ncc(CNCC3CCC(C)CC3)cc12. The molecule has 4 nitrogen and oxygen atoms in total. The van der Waals surface area contributed by atoms with Crippen molar-refractivity contribution in [3.8, 4) is 0 Å². The van der Waals surface area contributed by atoms with Gasteiger partial charge in [-0.1, -0.05) is 19.8 Å². The van der Waals surface area contributed by atoms with Gasteiger partial charge in [0.2, 0.25) is 0 Å². The number of hydrogen-bond donors (Lipinski definition) is 1. The van der Waals surface area contributed by atoms with Crippen LogP contribution in [-0.2, 0) is 13.6 Å². The van der Waals surface area contributed by atoms with Crippen LogP contribution in [0.25, 0.3) is 11.0 Å². The summed E-state index contributed by atoms with van der Waals surface area (Å²) in [4.78, 5) is 4.54. The Kier molecular flexibility index (Phi) is 4.24. The molecule has 21 heavy (non-hydrogen) atoms. The molecular weight excluding hydrogens is 260 g/mol. The van der Waals surface area contributed by atoms with Gasteiger partial charge >= 0.3 is 0 Å². The molecule has 0 radical (unpaired) electrons. The van der Waals surface area contributed by atoms with Crippen molar-refractivity contribution >= 4 is 11.0 Å². The highest BCUT2D eigenvalue weighted by Gasteiger charge is 2.17. The summed E-state index contributed by atoms with van der Waals surface area (Å²) in [6, 6.07) is 2.22. The summed E-state index contributed by atoms with van der Waals surface area (Å²) >= 11 is 0. The van der Waals surface area contributed by atoms with E-state index >= 15 is 0 Å². The first kappa shape index (κ1) is 14.5. The minimum absolute atomic E-state index is 0.859. The molecule has 1 N–H and O–H groups in total. The largest absolute Gasteiger partial charge is 0.312 e. The lowest BCUT2D eigenvalue weighted by Crippen LogP contribution is -2.25. The van der Waals surface area contributed by atoms with Crippen molar-refractivity contribution in [3.05, 3.63) is 23.5 Å². The molecule has 1 saturated carbocycles. The molecule has 0 spiro atoms. The summed E-state index contributed by atoms with van der Waals surface area (Å²) < 4.78 is 1.85. The van der Waals surface area contributed by atoms with Gasteiger partial charge in [-0.2, -0.15) is 5.10 Å². The number of fused-ring (bicyclic) bond motifs is 1. The molecule has 0 amide bonds. The van der Waals surface area contributed by atoms with E-state index in [1.165, 1.54) is 36.6 Å². The van der Waals surface area contributed by atoms with Crippen LogP contribution in [0.5, 0.6) is 0 Å². The molecule has 114 valence electrons. The van der Waals surface area contributed by atoms with E-state index in [4.69, 9.17) is 0 Å². The normalized spacial score (nSPS) is 22.8. The lowest BCUT2D eigenvalue weighted by Gasteiger charge is -2.26. The predicted octanol–water partition coefficient (Wildman–Crippen LogP) is 3.19. The zero-order valence-corrected chi connectivity index (χ0v) is 13.4. The van der Waals surface area contributed by atoms with Crippen LogP contribution in [0.4, 0.5) is 0 Å². The maximum atomic E-state index is 4.54. The molecule has 0 bridgehead atoms. The fraction of sp³-hybridized carbons (Fsp3) is 0.647. The van der Waals surface area contributed by atoms with Gasteiger partial charge in [0, 0.05) is 25.2 Å². The fourth-order valence-electron chi connectivity index (χ4n) is 3.40. The first-order valence-corrected chi connectivity index (χ1v) is 8.12. The maximum Gasteiger partial charge on any atom is 0.157 e. The zero-order chi connectivity index (χ0) is 14.8. The summed E-state index contributed by atoms with van der Waals surface area (Å²) in [7, 11) is 1.95. The Bertz CT molecular complexity index is 609. The first-order chi connectivity index (χ1) is 10.1. The van der Waals surface area contributed by atoms with E-state index in [-0.39, 0.29) is 0 Å². The van der Waals surface area contributed by atoms with Gasteiger partial charge in [0.05, 0.1) is 5.69 Å². The molecule has 0 saturated heterocycles. The minimum Gasteiger partial charge on any atom is -0.312 e. The molecule has 2 aromatic heterocycles. The van der Waals surface area contributed by atoms with Gasteiger partial charge in [0.15, 0.2) is 5.65 Å². The monoisotopic (exact) mass is 286 g/mol. The third-order valence-electron chi connectivity index (χ3n) is 4.82. The molecule has 2 aromatic rings. The molecule has 1 aliphatic rings. The molecule has 3 rings (SSSR count). The third-order valence-corrected chi connectivity index (χ3v) is 4.82. The Labute approximate surface area is 126 Å². The molecule has 0 atom stereocenters. The fourth-order valence-corrected chi connectivity index (χ4v) is 3.40. The number of pyridine rings is 1. The molecule has 1 fully saturated rings. The Hall–Kier alpha value is -1.42. The summed E-state index contributed by atoms with van der Waals surface area (Å²) in [5.41, 5.74) is 3.28. The van der Waals surface area contributed by atoms with E-state index in [0.717, 1.165) is 36.3 Å². The number of hydrogen-bond acceptors (Lipinski definition) is 3. The van der Waals surface area contributed by atoms with Crippen LogP contribution < -0.4 is 5.32 Å². The summed E-state index contributed by atoms with van der Waals surface area (Å²) in [5, 5.41) is 9.21. The molecule has 1 aliphatic carbocycles. The standard InChI is InChI=1S/C17H26N4/c1-12-4-6-14(7-5-12)9-18-10-15-8-16-13(2)20-21(3)17(16)19-11-15/h8,11-12,14,18H,4-7,9-10H2,1-3H3. The van der Waals surface area contributed by atoms with Crippen LogP contribution in [-0.4, -0.2) is 21.3 Å². The molecular formula is C17H26N4. The molecule has 0 aliphatic heterocycles. The average Bonchev–Trinajstić information content (AvgIpc) is 2.76. The highest BCUT2D eigenvalue weighted by molar-refractivity contribution is 5.78. The molecule has 4 heteroatoms. The van der Waals surface area contributed by atoms with E-state index in [1.54, 1.807) is 0 Å². The van der Waals surface area contributed by atoms with Crippen molar-refractivity contribution in [2.24, 2.45) is 18.9 Å². The van der Waals surface area contributed by atoms with Crippen molar-refractivity contribution in [1.29, 1.82) is 0 Å². The van der Waals surface area contributed by atoms with E-state index in [9.17, 15) is 0 Å². The van der Waals surface area contributed by atoms with Crippen molar-refractivity contribution in [3.63, 3.8) is 0 Å². The van der Waals surface area contributed by atoms with Gasteiger partial charge in [-0.15, -0.1) is 0 Å². The summed E-state index contributed by atoms with van der Waals surface area (Å²) in [5.74, 6) is 1.79. The molecule has 0 unspecified atom stereocenters. The number of aryl methyl sites for hydroxylation is 2. The van der Waals surface area contributed by atoms with E-state index in [2.05, 4.69) is 28.4 Å². The van der Waals surface area contributed by atoms with Crippen LogP contribution in [0.1, 0.15) is 43.9 Å². The Morgan fingerprint density at radius 2 is 2.05 bits per heavy atom. The Morgan fingerprint density at radius 1 is 1.29 bits per heavy atom. The lowest BCUT2D eigenvalue weighted by atomic mass is 9.83. The van der Waals surface area contributed by atoms with E-state index < -0.39 is 0 Å². The summed E-state index contributed by atoms with van der Waals surface area (Å²) in [6.45, 7) is 6.46.